The number of carbonyl (C=O) groups is 1. The van der Waals surface area contributed by atoms with E-state index in [1.165, 1.54) is 5.56 Å². The van der Waals surface area contributed by atoms with E-state index >= 15 is 0 Å². The van der Waals surface area contributed by atoms with E-state index in [2.05, 4.69) is 17.4 Å². The van der Waals surface area contributed by atoms with Gasteiger partial charge in [0, 0.05) is 22.0 Å². The number of hydrogen-bond donors (Lipinski definition) is 1. The molecule has 1 aliphatic heterocycles. The van der Waals surface area contributed by atoms with E-state index in [0.717, 1.165) is 28.3 Å². The van der Waals surface area contributed by atoms with Crippen molar-refractivity contribution in [2.24, 2.45) is 0 Å². The molecule has 1 atom stereocenters. The Balaban J connectivity index is 1.38. The molecule has 0 saturated carbocycles. The third kappa shape index (κ3) is 5.32. The molecule has 0 spiro atoms. The highest BCUT2D eigenvalue weighted by Crippen LogP contribution is 2.37. The van der Waals surface area contributed by atoms with Crippen molar-refractivity contribution in [1.82, 2.24) is 14.8 Å². The van der Waals surface area contributed by atoms with Crippen molar-refractivity contribution in [1.29, 1.82) is 0 Å². The van der Waals surface area contributed by atoms with Crippen molar-refractivity contribution >= 4 is 35.1 Å². The Hall–Kier alpha value is -3.55. The van der Waals surface area contributed by atoms with Gasteiger partial charge in [-0.2, -0.15) is 4.98 Å². The Bertz CT molecular complexity index is 1400. The Kier molecular flexibility index (Phi) is 7.11. The van der Waals surface area contributed by atoms with Crippen molar-refractivity contribution < 1.29 is 9.53 Å². The molecule has 36 heavy (non-hydrogen) atoms. The highest BCUT2D eigenvalue weighted by atomic mass is 35.5. The number of nitrogens with zero attached hydrogens (tertiary/aromatic N) is 3. The Labute approximate surface area is 219 Å². The van der Waals surface area contributed by atoms with Crippen molar-refractivity contribution in [3.05, 3.63) is 112 Å². The summed E-state index contributed by atoms with van der Waals surface area (Å²) in [5.74, 6) is 2.13. The minimum absolute atomic E-state index is 0.00676. The monoisotopic (exact) mass is 516 g/mol. The van der Waals surface area contributed by atoms with Crippen LogP contribution in [0, 0.1) is 0 Å². The summed E-state index contributed by atoms with van der Waals surface area (Å²) in [7, 11) is 0. The first-order valence-electron chi connectivity index (χ1n) is 11.6. The Morgan fingerprint density at radius 1 is 1.03 bits per heavy atom. The molecule has 0 radical (unpaired) electrons. The van der Waals surface area contributed by atoms with Crippen LogP contribution < -0.4 is 10.1 Å². The van der Waals surface area contributed by atoms with E-state index in [-0.39, 0.29) is 11.8 Å². The molecule has 182 valence electrons. The van der Waals surface area contributed by atoms with Crippen LogP contribution in [0.3, 0.4) is 0 Å². The number of halogens is 1. The van der Waals surface area contributed by atoms with Crippen LogP contribution in [0.1, 0.15) is 36.6 Å². The molecular weight excluding hydrogens is 492 g/mol. The van der Waals surface area contributed by atoms with Gasteiger partial charge in [0.2, 0.25) is 11.1 Å². The molecule has 3 aromatic carbocycles. The SMILES string of the molecule is CC(=O)C1=C(C)Nc2nc(SCc3ccccc3)nn2C1c1ccc(OCc2ccc(Cl)cc2)cc1. The number of benzene rings is 3. The molecule has 0 aliphatic carbocycles. The number of rotatable bonds is 8. The smallest absolute Gasteiger partial charge is 0.227 e. The molecule has 0 fully saturated rings. The number of thioether (sulfide) groups is 1. The normalized spacial score (nSPS) is 14.8. The maximum absolute atomic E-state index is 12.7. The molecular formula is C28H25ClN4O2S. The van der Waals surface area contributed by atoms with E-state index in [1.54, 1.807) is 23.4 Å². The Morgan fingerprint density at radius 2 is 1.75 bits per heavy atom. The van der Waals surface area contributed by atoms with Gasteiger partial charge >= 0.3 is 0 Å². The van der Waals surface area contributed by atoms with Crippen LogP contribution in [-0.2, 0) is 17.2 Å². The third-order valence-corrected chi connectivity index (χ3v) is 7.10. The quantitative estimate of drug-likeness (QED) is 0.263. The molecule has 4 aromatic rings. The van der Waals surface area contributed by atoms with Gasteiger partial charge in [0.25, 0.3) is 0 Å². The lowest BCUT2D eigenvalue weighted by molar-refractivity contribution is -0.114. The van der Waals surface area contributed by atoms with Crippen LogP contribution in [-0.4, -0.2) is 20.5 Å². The molecule has 1 aromatic heterocycles. The second-order valence-corrected chi connectivity index (χ2v) is 9.92. The lowest BCUT2D eigenvalue weighted by Crippen LogP contribution is -2.27. The Morgan fingerprint density at radius 3 is 2.44 bits per heavy atom. The highest BCUT2D eigenvalue weighted by molar-refractivity contribution is 7.98. The molecule has 2 heterocycles. The first-order chi connectivity index (χ1) is 17.5. The summed E-state index contributed by atoms with van der Waals surface area (Å²) < 4.78 is 7.75. The average molecular weight is 517 g/mol. The fourth-order valence-electron chi connectivity index (χ4n) is 4.17. The number of fused-ring (bicyclic) bond motifs is 1. The zero-order chi connectivity index (χ0) is 25.1. The summed E-state index contributed by atoms with van der Waals surface area (Å²) in [5.41, 5.74) is 4.63. The van der Waals surface area contributed by atoms with Crippen LogP contribution in [0.5, 0.6) is 5.75 Å². The predicted octanol–water partition coefficient (Wildman–Crippen LogP) is 6.68. The third-order valence-electron chi connectivity index (χ3n) is 5.94. The largest absolute Gasteiger partial charge is 0.489 e. The zero-order valence-electron chi connectivity index (χ0n) is 19.9. The van der Waals surface area contributed by atoms with Gasteiger partial charge in [0.1, 0.15) is 18.4 Å². The van der Waals surface area contributed by atoms with Crippen molar-refractivity contribution in [2.75, 3.05) is 5.32 Å². The van der Waals surface area contributed by atoms with Crippen LogP contribution in [0.25, 0.3) is 0 Å². The summed E-state index contributed by atoms with van der Waals surface area (Å²) in [4.78, 5) is 17.4. The number of ketones is 1. The van der Waals surface area contributed by atoms with E-state index in [4.69, 9.17) is 26.4 Å². The zero-order valence-corrected chi connectivity index (χ0v) is 21.5. The lowest BCUT2D eigenvalue weighted by Gasteiger charge is -2.28. The van der Waals surface area contributed by atoms with Crippen molar-refractivity contribution in [3.8, 4) is 5.75 Å². The number of carbonyl (C=O) groups excluding carboxylic acids is 1. The van der Waals surface area contributed by atoms with E-state index in [1.807, 2.05) is 73.7 Å². The van der Waals surface area contributed by atoms with Gasteiger partial charge in [0.05, 0.1) is 0 Å². The molecule has 0 saturated heterocycles. The van der Waals surface area contributed by atoms with Crippen LogP contribution in [0.15, 0.2) is 95.3 Å². The second-order valence-electron chi connectivity index (χ2n) is 8.54. The molecule has 6 nitrogen and oxygen atoms in total. The van der Waals surface area contributed by atoms with E-state index < -0.39 is 0 Å². The number of aromatic nitrogens is 3. The molecule has 0 amide bonds. The number of nitrogens with one attached hydrogen (secondary N) is 1. The fraction of sp³-hybridized carbons (Fsp3) is 0.179. The van der Waals surface area contributed by atoms with Gasteiger partial charge in [0.15, 0.2) is 5.78 Å². The lowest BCUT2D eigenvalue weighted by atomic mass is 9.93. The van der Waals surface area contributed by atoms with Gasteiger partial charge in [-0.3, -0.25) is 4.79 Å². The minimum Gasteiger partial charge on any atom is -0.489 e. The van der Waals surface area contributed by atoms with Gasteiger partial charge in [-0.1, -0.05) is 78.0 Å². The highest BCUT2D eigenvalue weighted by Gasteiger charge is 2.32. The van der Waals surface area contributed by atoms with Gasteiger partial charge in [-0.15, -0.1) is 5.10 Å². The number of Topliss-reactive ketones (excluding diaryl/α,β-unsaturated/α-hetero) is 1. The molecule has 1 N–H and O–H groups in total. The average Bonchev–Trinajstić information content (AvgIpc) is 3.29. The first kappa shape index (κ1) is 24.2. The standard InChI is InChI=1S/C28H25ClN4O2S/c1-18-25(19(2)34)26(22-10-14-24(15-11-22)35-16-20-8-12-23(29)13-9-20)33-27(30-18)31-28(32-33)36-17-21-6-4-3-5-7-21/h3-15,26H,16-17H2,1-2H3,(H,30,31,32). The van der Waals surface area contributed by atoms with Crippen LogP contribution >= 0.6 is 23.4 Å². The van der Waals surface area contributed by atoms with Crippen LogP contribution in [0.2, 0.25) is 5.02 Å². The topological polar surface area (TPSA) is 69.0 Å². The number of ether oxygens (including phenoxy) is 1. The van der Waals surface area contributed by atoms with Gasteiger partial charge in [-0.05, 0) is 54.8 Å². The summed E-state index contributed by atoms with van der Waals surface area (Å²) in [5, 5.41) is 9.40. The molecule has 1 unspecified atom stereocenters. The predicted molar refractivity (Wildman–Crippen MR) is 143 cm³/mol. The maximum Gasteiger partial charge on any atom is 0.227 e. The van der Waals surface area contributed by atoms with E-state index in [9.17, 15) is 4.79 Å². The maximum atomic E-state index is 12.7. The molecule has 8 heteroatoms. The summed E-state index contributed by atoms with van der Waals surface area (Å²) >= 11 is 7.53. The summed E-state index contributed by atoms with van der Waals surface area (Å²) in [6.07, 6.45) is 0. The van der Waals surface area contributed by atoms with Gasteiger partial charge < -0.3 is 10.1 Å². The molecule has 0 bridgehead atoms. The van der Waals surface area contributed by atoms with Crippen LogP contribution in [0.4, 0.5) is 5.95 Å². The van der Waals surface area contributed by atoms with Gasteiger partial charge in [-0.25, -0.2) is 4.68 Å². The summed E-state index contributed by atoms with van der Waals surface area (Å²) in [6, 6.07) is 25.2. The molecule has 1 aliphatic rings. The first-order valence-corrected chi connectivity index (χ1v) is 12.9. The second kappa shape index (κ2) is 10.6. The number of hydrogen-bond acceptors (Lipinski definition) is 6. The summed E-state index contributed by atoms with van der Waals surface area (Å²) in [6.45, 7) is 3.93. The van der Waals surface area contributed by atoms with E-state index in [0.29, 0.717) is 28.3 Å². The fourth-order valence-corrected chi connectivity index (χ4v) is 5.08. The minimum atomic E-state index is -0.373. The number of anilines is 1. The van der Waals surface area contributed by atoms with Crippen molar-refractivity contribution in [2.45, 2.75) is 37.4 Å². The number of allylic oxidation sites excluding steroid dienone is 2. The molecule has 5 rings (SSSR count). The van der Waals surface area contributed by atoms with Crippen molar-refractivity contribution in [3.63, 3.8) is 0 Å².